The summed E-state index contributed by atoms with van der Waals surface area (Å²) in [6.45, 7) is 0. The highest BCUT2D eigenvalue weighted by molar-refractivity contribution is 8.77. The van der Waals surface area contributed by atoms with Gasteiger partial charge >= 0.3 is 0 Å². The lowest BCUT2D eigenvalue weighted by molar-refractivity contribution is 1.30. The molecular formula is C16H6N4S4. The monoisotopic (exact) mass is 382 g/mol. The second kappa shape index (κ2) is 6.42. The summed E-state index contributed by atoms with van der Waals surface area (Å²) in [5, 5.41) is 17.9. The molecule has 0 unspecified atom stereocenters. The fourth-order valence-corrected chi connectivity index (χ4v) is 6.55. The molecule has 4 rings (SSSR count). The lowest BCUT2D eigenvalue weighted by atomic mass is 10.2. The first-order valence-corrected chi connectivity index (χ1v) is 10.5. The van der Waals surface area contributed by atoms with Gasteiger partial charge in [-0.1, -0.05) is 0 Å². The minimum Gasteiger partial charge on any atom is -0.229 e. The Morgan fingerprint density at radius 2 is 1.21 bits per heavy atom. The van der Waals surface area contributed by atoms with Crippen molar-refractivity contribution in [2.75, 3.05) is 0 Å². The van der Waals surface area contributed by atoms with E-state index in [9.17, 15) is 0 Å². The lowest BCUT2D eigenvalue weighted by Gasteiger charge is -1.90. The van der Waals surface area contributed by atoms with E-state index in [0.717, 1.165) is 29.1 Å². The average Bonchev–Trinajstić information content (AvgIpc) is 3.21. The molecule has 0 spiro atoms. The maximum absolute atomic E-state index is 8.95. The van der Waals surface area contributed by atoms with Crippen LogP contribution in [0.25, 0.3) is 20.4 Å². The molecule has 0 amide bonds. The Hall–Kier alpha value is -2.10. The molecule has 2 aromatic heterocycles. The Labute approximate surface area is 153 Å². The summed E-state index contributed by atoms with van der Waals surface area (Å²) in [6.07, 6.45) is 0. The predicted molar refractivity (Wildman–Crippen MR) is 100 cm³/mol. The number of rotatable bonds is 3. The van der Waals surface area contributed by atoms with Crippen molar-refractivity contribution in [1.29, 1.82) is 10.5 Å². The number of aromatic nitrogens is 2. The van der Waals surface area contributed by atoms with Gasteiger partial charge < -0.3 is 0 Å². The van der Waals surface area contributed by atoms with Crippen molar-refractivity contribution >= 4 is 64.7 Å². The van der Waals surface area contributed by atoms with Crippen LogP contribution in [0.2, 0.25) is 0 Å². The Kier molecular flexibility index (Phi) is 4.13. The number of fused-ring (bicyclic) bond motifs is 2. The Bertz CT molecular complexity index is 1050. The van der Waals surface area contributed by atoms with E-state index in [2.05, 4.69) is 22.1 Å². The zero-order chi connectivity index (χ0) is 16.5. The third kappa shape index (κ3) is 2.97. The zero-order valence-electron chi connectivity index (χ0n) is 11.9. The number of nitrogens with zero attached hydrogens (tertiary/aromatic N) is 4. The fourth-order valence-electron chi connectivity index (χ4n) is 2.09. The third-order valence-corrected chi connectivity index (χ3v) is 8.22. The van der Waals surface area contributed by atoms with E-state index in [-0.39, 0.29) is 0 Å². The molecule has 2 heterocycles. The maximum atomic E-state index is 8.95. The highest BCUT2D eigenvalue weighted by atomic mass is 33.1. The van der Waals surface area contributed by atoms with Crippen LogP contribution in [0, 0.1) is 22.7 Å². The summed E-state index contributed by atoms with van der Waals surface area (Å²) >= 11 is 3.21. The van der Waals surface area contributed by atoms with E-state index in [4.69, 9.17) is 10.5 Å². The van der Waals surface area contributed by atoms with Crippen molar-refractivity contribution < 1.29 is 0 Å². The molecule has 0 radical (unpaired) electrons. The standard InChI is InChI=1S/C16H6N4S4/c17-7-9-1-3-13-11(5-9)19-15(21-13)23-24-16-20-12-6-10(8-18)2-4-14(12)22-16/h1-6H. The molecule has 0 aliphatic rings. The van der Waals surface area contributed by atoms with E-state index in [0.29, 0.717) is 11.1 Å². The Morgan fingerprint density at radius 3 is 1.62 bits per heavy atom. The van der Waals surface area contributed by atoms with E-state index in [1.807, 2.05) is 36.4 Å². The topological polar surface area (TPSA) is 73.4 Å². The zero-order valence-corrected chi connectivity index (χ0v) is 15.2. The van der Waals surface area contributed by atoms with Crippen LogP contribution in [0.3, 0.4) is 0 Å². The molecule has 0 saturated carbocycles. The van der Waals surface area contributed by atoms with Crippen LogP contribution in [-0.4, -0.2) is 9.97 Å². The van der Waals surface area contributed by atoms with Gasteiger partial charge in [-0.15, -0.1) is 22.7 Å². The van der Waals surface area contributed by atoms with Crippen LogP contribution < -0.4 is 0 Å². The van der Waals surface area contributed by atoms with Gasteiger partial charge in [0.1, 0.15) is 0 Å². The summed E-state index contributed by atoms with van der Waals surface area (Å²) in [7, 11) is 3.12. The molecule has 114 valence electrons. The number of hydrogen-bond acceptors (Lipinski definition) is 8. The van der Waals surface area contributed by atoms with Crippen LogP contribution in [0.1, 0.15) is 11.1 Å². The molecule has 0 atom stereocenters. The summed E-state index contributed by atoms with van der Waals surface area (Å²) in [5.74, 6) is 0. The predicted octanol–water partition coefficient (Wildman–Crippen LogP) is 5.45. The molecule has 2 aromatic carbocycles. The Morgan fingerprint density at radius 1 is 0.750 bits per heavy atom. The van der Waals surface area contributed by atoms with E-state index in [1.54, 1.807) is 44.3 Å². The summed E-state index contributed by atoms with van der Waals surface area (Å²) < 4.78 is 4.00. The number of thiazole rings is 2. The molecular weight excluding hydrogens is 376 g/mol. The van der Waals surface area contributed by atoms with Crippen LogP contribution in [0.15, 0.2) is 45.1 Å². The number of hydrogen-bond donors (Lipinski definition) is 0. The first kappa shape index (κ1) is 15.4. The molecule has 4 aromatic rings. The van der Waals surface area contributed by atoms with Gasteiger partial charge in [0.25, 0.3) is 0 Å². The summed E-state index contributed by atoms with van der Waals surface area (Å²) in [4.78, 5) is 9.12. The first-order chi connectivity index (χ1) is 11.7. The van der Waals surface area contributed by atoms with Crippen molar-refractivity contribution in [1.82, 2.24) is 9.97 Å². The normalized spacial score (nSPS) is 10.8. The fraction of sp³-hybridized carbons (Fsp3) is 0. The quantitative estimate of drug-likeness (QED) is 0.439. The molecule has 0 aliphatic heterocycles. The van der Waals surface area contributed by atoms with Crippen molar-refractivity contribution in [3.63, 3.8) is 0 Å². The van der Waals surface area contributed by atoms with Gasteiger partial charge in [0, 0.05) is 0 Å². The smallest absolute Gasteiger partial charge is 0.162 e. The second-order valence-electron chi connectivity index (χ2n) is 4.71. The highest BCUT2D eigenvalue weighted by Gasteiger charge is 2.10. The molecule has 0 fully saturated rings. The molecule has 8 heteroatoms. The Balaban J connectivity index is 1.56. The maximum Gasteiger partial charge on any atom is 0.162 e. The minimum absolute atomic E-state index is 0.622. The lowest BCUT2D eigenvalue weighted by Crippen LogP contribution is -1.73. The third-order valence-electron chi connectivity index (χ3n) is 3.18. The van der Waals surface area contributed by atoms with Gasteiger partial charge in [0.2, 0.25) is 0 Å². The van der Waals surface area contributed by atoms with Gasteiger partial charge in [-0.3, -0.25) is 0 Å². The van der Waals surface area contributed by atoms with E-state index in [1.165, 1.54) is 0 Å². The van der Waals surface area contributed by atoms with Gasteiger partial charge in [0.05, 0.1) is 43.7 Å². The summed E-state index contributed by atoms with van der Waals surface area (Å²) in [6, 6.07) is 15.4. The number of nitriles is 2. The number of benzene rings is 2. The molecule has 0 bridgehead atoms. The molecule has 4 nitrogen and oxygen atoms in total. The largest absolute Gasteiger partial charge is 0.229 e. The van der Waals surface area contributed by atoms with Crippen molar-refractivity contribution in [2.45, 2.75) is 8.68 Å². The van der Waals surface area contributed by atoms with Gasteiger partial charge in [-0.25, -0.2) is 9.97 Å². The first-order valence-electron chi connectivity index (χ1n) is 6.71. The van der Waals surface area contributed by atoms with Crippen molar-refractivity contribution in [2.24, 2.45) is 0 Å². The summed E-state index contributed by atoms with van der Waals surface area (Å²) in [5.41, 5.74) is 2.95. The van der Waals surface area contributed by atoms with Crippen LogP contribution in [0.5, 0.6) is 0 Å². The molecule has 0 N–H and O–H groups in total. The van der Waals surface area contributed by atoms with Crippen LogP contribution in [0.4, 0.5) is 0 Å². The van der Waals surface area contributed by atoms with E-state index < -0.39 is 0 Å². The second-order valence-corrected chi connectivity index (χ2v) is 9.40. The van der Waals surface area contributed by atoms with Crippen molar-refractivity contribution in [3.8, 4) is 12.1 Å². The highest BCUT2D eigenvalue weighted by Crippen LogP contribution is 2.43. The SMILES string of the molecule is N#Cc1ccc2sc(SSc3nc4cc(C#N)ccc4s3)nc2c1. The average molecular weight is 383 g/mol. The molecule has 0 saturated heterocycles. The van der Waals surface area contributed by atoms with Gasteiger partial charge in [0.15, 0.2) is 8.68 Å². The van der Waals surface area contributed by atoms with Gasteiger partial charge in [-0.05, 0) is 58.0 Å². The van der Waals surface area contributed by atoms with Crippen molar-refractivity contribution in [3.05, 3.63) is 47.5 Å². The van der Waals surface area contributed by atoms with E-state index >= 15 is 0 Å². The van der Waals surface area contributed by atoms with Gasteiger partial charge in [-0.2, -0.15) is 10.5 Å². The minimum atomic E-state index is 0.622. The molecule has 0 aliphatic carbocycles. The van der Waals surface area contributed by atoms with Crippen LogP contribution >= 0.6 is 44.3 Å². The van der Waals surface area contributed by atoms with Crippen LogP contribution in [-0.2, 0) is 0 Å². The molecule has 24 heavy (non-hydrogen) atoms.